The number of hydrogen-bond acceptors (Lipinski definition) is 3. The van der Waals surface area contributed by atoms with Crippen molar-refractivity contribution in [3.8, 4) is 0 Å². The van der Waals surface area contributed by atoms with Crippen molar-refractivity contribution in [2.75, 3.05) is 25.6 Å². The van der Waals surface area contributed by atoms with Crippen molar-refractivity contribution in [1.29, 1.82) is 0 Å². The molecule has 0 radical (unpaired) electrons. The molecule has 1 aliphatic heterocycles. The van der Waals surface area contributed by atoms with E-state index in [2.05, 4.69) is 10.6 Å². The second-order valence-corrected chi connectivity index (χ2v) is 5.18. The first-order valence-corrected chi connectivity index (χ1v) is 6.79. The Kier molecular flexibility index (Phi) is 4.43. The zero-order valence-electron chi connectivity index (χ0n) is 11.8. The molecule has 19 heavy (non-hydrogen) atoms. The largest absolute Gasteiger partial charge is 0.387 e. The maximum atomic E-state index is 12.3. The Morgan fingerprint density at radius 1 is 1.47 bits per heavy atom. The van der Waals surface area contributed by atoms with E-state index in [0.717, 1.165) is 30.9 Å². The maximum absolute atomic E-state index is 12.3. The number of aryl methyl sites for hydroxylation is 1. The summed E-state index contributed by atoms with van der Waals surface area (Å²) in [5.41, 5.74) is 2.70. The molecular formula is C15H22N2O2. The van der Waals surface area contributed by atoms with Crippen molar-refractivity contribution in [3.63, 3.8) is 0 Å². The van der Waals surface area contributed by atoms with Gasteiger partial charge in [0.25, 0.3) is 5.91 Å². The van der Waals surface area contributed by atoms with Crippen LogP contribution in [0.15, 0.2) is 18.2 Å². The molecule has 0 aromatic heterocycles. The van der Waals surface area contributed by atoms with Gasteiger partial charge in [-0.2, -0.15) is 0 Å². The summed E-state index contributed by atoms with van der Waals surface area (Å²) in [6, 6.07) is 5.95. The van der Waals surface area contributed by atoms with Crippen LogP contribution in [0.5, 0.6) is 0 Å². The first kappa shape index (κ1) is 13.9. The van der Waals surface area contributed by atoms with Crippen molar-refractivity contribution < 1.29 is 9.53 Å². The van der Waals surface area contributed by atoms with E-state index >= 15 is 0 Å². The van der Waals surface area contributed by atoms with E-state index in [9.17, 15) is 4.79 Å². The van der Waals surface area contributed by atoms with E-state index in [1.807, 2.05) is 39.1 Å². The van der Waals surface area contributed by atoms with Gasteiger partial charge >= 0.3 is 0 Å². The highest BCUT2D eigenvalue weighted by Gasteiger charge is 2.24. The molecule has 0 spiro atoms. The van der Waals surface area contributed by atoms with Gasteiger partial charge in [-0.05, 0) is 38.0 Å². The molecule has 2 unspecified atom stereocenters. The average Bonchev–Trinajstić information content (AvgIpc) is 2.92. The van der Waals surface area contributed by atoms with Crippen LogP contribution in [0.4, 0.5) is 5.69 Å². The minimum atomic E-state index is -0.0243. The molecule has 0 saturated carbocycles. The summed E-state index contributed by atoms with van der Waals surface area (Å²) in [6.07, 6.45) is 1.02. The third kappa shape index (κ3) is 3.26. The number of benzene rings is 1. The van der Waals surface area contributed by atoms with Gasteiger partial charge in [-0.25, -0.2) is 0 Å². The normalized spacial score (nSPS) is 20.1. The van der Waals surface area contributed by atoms with E-state index in [4.69, 9.17) is 4.74 Å². The van der Waals surface area contributed by atoms with Crippen molar-refractivity contribution in [1.82, 2.24) is 5.32 Å². The molecule has 4 nitrogen and oxygen atoms in total. The van der Waals surface area contributed by atoms with Gasteiger partial charge in [0, 0.05) is 31.3 Å². The molecule has 4 heteroatoms. The molecule has 0 bridgehead atoms. The van der Waals surface area contributed by atoms with Gasteiger partial charge in [-0.3, -0.25) is 4.79 Å². The minimum absolute atomic E-state index is 0.0243. The second-order valence-electron chi connectivity index (χ2n) is 5.18. The van der Waals surface area contributed by atoms with Gasteiger partial charge in [-0.15, -0.1) is 0 Å². The lowest BCUT2D eigenvalue weighted by molar-refractivity contribution is 0.0923. The smallest absolute Gasteiger partial charge is 0.253 e. The number of rotatable bonds is 4. The molecule has 1 heterocycles. The lowest BCUT2D eigenvalue weighted by Crippen LogP contribution is -2.38. The summed E-state index contributed by atoms with van der Waals surface area (Å²) in [6.45, 7) is 5.61. The zero-order valence-corrected chi connectivity index (χ0v) is 11.8. The van der Waals surface area contributed by atoms with Crippen LogP contribution in [0, 0.1) is 12.8 Å². The highest BCUT2D eigenvalue weighted by atomic mass is 16.5. The monoisotopic (exact) mass is 262 g/mol. The summed E-state index contributed by atoms with van der Waals surface area (Å²) >= 11 is 0. The molecule has 2 rings (SSSR count). The highest BCUT2D eigenvalue weighted by Crippen LogP contribution is 2.19. The van der Waals surface area contributed by atoms with Gasteiger partial charge in [0.2, 0.25) is 0 Å². The third-order valence-electron chi connectivity index (χ3n) is 3.72. The van der Waals surface area contributed by atoms with E-state index in [-0.39, 0.29) is 11.9 Å². The van der Waals surface area contributed by atoms with Crippen molar-refractivity contribution in [2.45, 2.75) is 26.3 Å². The Balaban J connectivity index is 2.06. The SMILES string of the molecule is CNc1cc(C)ccc1C(=O)NC(C)C1CCOC1. The molecule has 1 aromatic carbocycles. The molecule has 0 aliphatic carbocycles. The van der Waals surface area contributed by atoms with Crippen LogP contribution in [0.3, 0.4) is 0 Å². The highest BCUT2D eigenvalue weighted by molar-refractivity contribution is 5.99. The van der Waals surface area contributed by atoms with Crippen molar-refractivity contribution in [2.24, 2.45) is 5.92 Å². The first-order valence-electron chi connectivity index (χ1n) is 6.79. The molecule has 104 valence electrons. The quantitative estimate of drug-likeness (QED) is 0.874. The molecule has 1 aliphatic rings. The molecule has 2 atom stereocenters. The predicted octanol–water partition coefficient (Wildman–Crippen LogP) is 2.19. The fourth-order valence-electron chi connectivity index (χ4n) is 2.41. The number of carbonyl (C=O) groups is 1. The topological polar surface area (TPSA) is 50.4 Å². The van der Waals surface area contributed by atoms with Gasteiger partial charge in [0.05, 0.1) is 12.2 Å². The molecule has 1 amide bonds. The summed E-state index contributed by atoms with van der Waals surface area (Å²) in [7, 11) is 1.83. The first-order chi connectivity index (χ1) is 9.11. The summed E-state index contributed by atoms with van der Waals surface area (Å²) in [5, 5.41) is 6.15. The summed E-state index contributed by atoms with van der Waals surface area (Å²) in [5.74, 6) is 0.399. The number of hydrogen-bond donors (Lipinski definition) is 2. The van der Waals surface area contributed by atoms with E-state index < -0.39 is 0 Å². The molecular weight excluding hydrogens is 240 g/mol. The molecule has 1 saturated heterocycles. The number of carbonyl (C=O) groups excluding carboxylic acids is 1. The van der Waals surface area contributed by atoms with Gasteiger partial charge < -0.3 is 15.4 Å². The van der Waals surface area contributed by atoms with Crippen LogP contribution in [0.1, 0.15) is 29.3 Å². The second kappa shape index (κ2) is 6.06. The van der Waals surface area contributed by atoms with Gasteiger partial charge in [-0.1, -0.05) is 6.07 Å². The Hall–Kier alpha value is -1.55. The van der Waals surface area contributed by atoms with Crippen LogP contribution in [0.2, 0.25) is 0 Å². The van der Waals surface area contributed by atoms with E-state index in [0.29, 0.717) is 11.5 Å². The van der Waals surface area contributed by atoms with Gasteiger partial charge in [0.1, 0.15) is 0 Å². The van der Waals surface area contributed by atoms with E-state index in [1.54, 1.807) is 0 Å². The average molecular weight is 262 g/mol. The van der Waals surface area contributed by atoms with Crippen LogP contribution in [0.25, 0.3) is 0 Å². The summed E-state index contributed by atoms with van der Waals surface area (Å²) in [4.78, 5) is 12.3. The Labute approximate surface area is 114 Å². The zero-order chi connectivity index (χ0) is 13.8. The predicted molar refractivity (Wildman–Crippen MR) is 76.6 cm³/mol. The Bertz CT molecular complexity index is 453. The molecule has 1 aromatic rings. The van der Waals surface area contributed by atoms with Crippen molar-refractivity contribution >= 4 is 11.6 Å². The van der Waals surface area contributed by atoms with Crippen LogP contribution < -0.4 is 10.6 Å². The fourth-order valence-corrected chi connectivity index (χ4v) is 2.41. The number of amides is 1. The van der Waals surface area contributed by atoms with Crippen LogP contribution in [-0.4, -0.2) is 32.2 Å². The number of anilines is 1. The maximum Gasteiger partial charge on any atom is 0.253 e. The molecule has 1 fully saturated rings. The standard InChI is InChI=1S/C15H22N2O2/c1-10-4-5-13(14(8-10)16-3)15(18)17-11(2)12-6-7-19-9-12/h4-5,8,11-12,16H,6-7,9H2,1-3H3,(H,17,18). The van der Waals surface area contributed by atoms with E-state index in [1.165, 1.54) is 0 Å². The van der Waals surface area contributed by atoms with Crippen LogP contribution in [-0.2, 0) is 4.74 Å². The van der Waals surface area contributed by atoms with Gasteiger partial charge in [0.15, 0.2) is 0 Å². The third-order valence-corrected chi connectivity index (χ3v) is 3.72. The molecule has 2 N–H and O–H groups in total. The lowest BCUT2D eigenvalue weighted by atomic mass is 10.00. The Morgan fingerprint density at radius 2 is 2.26 bits per heavy atom. The lowest BCUT2D eigenvalue weighted by Gasteiger charge is -2.20. The number of nitrogens with one attached hydrogen (secondary N) is 2. The Morgan fingerprint density at radius 3 is 2.89 bits per heavy atom. The summed E-state index contributed by atoms with van der Waals surface area (Å²) < 4.78 is 5.36. The number of ether oxygens (including phenoxy) is 1. The minimum Gasteiger partial charge on any atom is -0.387 e. The van der Waals surface area contributed by atoms with Crippen LogP contribution >= 0.6 is 0 Å². The van der Waals surface area contributed by atoms with Crippen molar-refractivity contribution in [3.05, 3.63) is 29.3 Å². The fraction of sp³-hybridized carbons (Fsp3) is 0.533.